The third kappa shape index (κ3) is 4.84. The fourth-order valence-electron chi connectivity index (χ4n) is 3.20. The molecule has 0 aromatic carbocycles. The van der Waals surface area contributed by atoms with E-state index in [9.17, 15) is 26.4 Å². The number of piperidine rings is 1. The Labute approximate surface area is 166 Å². The lowest BCUT2D eigenvalue weighted by Crippen LogP contribution is -2.48. The molecule has 0 saturated carbocycles. The summed E-state index contributed by atoms with van der Waals surface area (Å²) in [5.41, 5.74) is -2.37. The number of rotatable bonds is 3. The second kappa shape index (κ2) is 7.44. The molecule has 0 aliphatic carbocycles. The van der Waals surface area contributed by atoms with Gasteiger partial charge in [-0.3, -0.25) is 4.68 Å². The molecule has 1 aromatic heterocycles. The highest BCUT2D eigenvalue weighted by Gasteiger charge is 2.52. The number of carbonyl (C=O) groups is 1. The van der Waals surface area contributed by atoms with E-state index >= 15 is 4.39 Å². The molecular weight excluding hydrogens is 418 g/mol. The number of alkyl halides is 4. The minimum absolute atomic E-state index is 0.0346. The van der Waals surface area contributed by atoms with Crippen LogP contribution in [0.5, 0.6) is 0 Å². The molecule has 2 heterocycles. The molecule has 0 radical (unpaired) electrons. The summed E-state index contributed by atoms with van der Waals surface area (Å²) in [6, 6.07) is 0. The average Bonchev–Trinajstić information content (AvgIpc) is 2.96. The van der Waals surface area contributed by atoms with Gasteiger partial charge in [-0.2, -0.15) is 18.3 Å². The van der Waals surface area contributed by atoms with Gasteiger partial charge in [-0.1, -0.05) is 0 Å². The van der Waals surface area contributed by atoms with Gasteiger partial charge in [0.2, 0.25) is 14.8 Å². The molecule has 1 amide bonds. The number of hydrogen-bond donors (Lipinski definition) is 0. The van der Waals surface area contributed by atoms with E-state index < -0.39 is 49.2 Å². The quantitative estimate of drug-likeness (QED) is 0.668. The number of halogens is 4. The van der Waals surface area contributed by atoms with Crippen molar-refractivity contribution >= 4 is 15.9 Å². The number of carbonyl (C=O) groups excluding carboxylic acids is 1. The van der Waals surface area contributed by atoms with Crippen LogP contribution in [0.4, 0.5) is 22.4 Å². The van der Waals surface area contributed by atoms with Gasteiger partial charge in [-0.15, -0.1) is 0 Å². The number of sulfone groups is 1. The zero-order valence-corrected chi connectivity index (χ0v) is 17.7. The van der Waals surface area contributed by atoms with Crippen LogP contribution in [0.15, 0.2) is 11.1 Å². The van der Waals surface area contributed by atoms with Crippen LogP contribution in [0.1, 0.15) is 46.2 Å². The molecular formula is C17H25F4N3O4S. The zero-order chi connectivity index (χ0) is 22.4. The van der Waals surface area contributed by atoms with Gasteiger partial charge in [0.25, 0.3) is 0 Å². The predicted octanol–water partition coefficient (Wildman–Crippen LogP) is 3.55. The smallest absolute Gasteiger partial charge is 0.436 e. The first-order valence-electron chi connectivity index (χ1n) is 8.99. The second-order valence-corrected chi connectivity index (χ2v) is 10.5. The molecule has 1 saturated heterocycles. The van der Waals surface area contributed by atoms with E-state index in [-0.39, 0.29) is 25.9 Å². The molecule has 12 heteroatoms. The van der Waals surface area contributed by atoms with E-state index in [1.807, 2.05) is 0 Å². The Hall–Kier alpha value is -1.85. The van der Waals surface area contributed by atoms with Crippen molar-refractivity contribution in [1.82, 2.24) is 14.7 Å². The van der Waals surface area contributed by atoms with Crippen molar-refractivity contribution in [2.75, 3.05) is 13.1 Å². The van der Waals surface area contributed by atoms with Gasteiger partial charge < -0.3 is 9.64 Å². The Morgan fingerprint density at radius 2 is 1.66 bits per heavy atom. The zero-order valence-electron chi connectivity index (χ0n) is 16.9. The third-order valence-electron chi connectivity index (χ3n) is 4.75. The number of amides is 1. The largest absolute Gasteiger partial charge is 0.444 e. The Kier molecular flexibility index (Phi) is 6.01. The Bertz CT molecular complexity index is 864. The maximum Gasteiger partial charge on any atom is 0.436 e. The lowest BCUT2D eigenvalue weighted by atomic mass is 9.92. The highest BCUT2D eigenvalue weighted by Crippen LogP contribution is 2.43. The third-order valence-corrected chi connectivity index (χ3v) is 7.02. The molecule has 0 N–H and O–H groups in total. The fourth-order valence-corrected chi connectivity index (χ4v) is 5.01. The Balaban J connectivity index is 2.23. The Morgan fingerprint density at radius 1 is 1.14 bits per heavy atom. The minimum atomic E-state index is -5.04. The number of aromatic nitrogens is 2. The summed E-state index contributed by atoms with van der Waals surface area (Å²) in [7, 11) is -3.87. The molecule has 29 heavy (non-hydrogen) atoms. The maximum atomic E-state index is 15.5. The van der Waals surface area contributed by atoms with Crippen LogP contribution in [-0.4, -0.2) is 52.9 Å². The van der Waals surface area contributed by atoms with E-state index in [1.165, 1.54) is 4.90 Å². The average molecular weight is 443 g/mol. The monoisotopic (exact) mass is 443 g/mol. The first kappa shape index (κ1) is 23.4. The van der Waals surface area contributed by atoms with Crippen LogP contribution < -0.4 is 0 Å². The van der Waals surface area contributed by atoms with Crippen molar-refractivity contribution < 1.29 is 35.5 Å². The highest BCUT2D eigenvalue weighted by atomic mass is 32.2. The van der Waals surface area contributed by atoms with E-state index in [1.54, 1.807) is 20.8 Å². The van der Waals surface area contributed by atoms with Crippen molar-refractivity contribution in [2.45, 2.75) is 62.2 Å². The van der Waals surface area contributed by atoms with Crippen LogP contribution in [0.25, 0.3) is 0 Å². The van der Waals surface area contributed by atoms with Crippen molar-refractivity contribution in [1.29, 1.82) is 0 Å². The molecule has 0 bridgehead atoms. The highest BCUT2D eigenvalue weighted by molar-refractivity contribution is 7.92. The van der Waals surface area contributed by atoms with Crippen molar-refractivity contribution in [3.63, 3.8) is 0 Å². The van der Waals surface area contributed by atoms with Gasteiger partial charge in [0, 0.05) is 32.3 Å². The van der Waals surface area contributed by atoms with Crippen molar-refractivity contribution in [3.8, 4) is 0 Å². The van der Waals surface area contributed by atoms with Crippen LogP contribution in [0.2, 0.25) is 0 Å². The predicted molar refractivity (Wildman–Crippen MR) is 95.4 cm³/mol. The molecule has 1 aromatic rings. The van der Waals surface area contributed by atoms with Crippen LogP contribution in [-0.2, 0) is 27.8 Å². The van der Waals surface area contributed by atoms with Crippen LogP contribution in [0, 0.1) is 5.92 Å². The summed E-state index contributed by atoms with van der Waals surface area (Å²) < 4.78 is 86.5. The molecule has 0 spiro atoms. The first-order valence-corrected chi connectivity index (χ1v) is 10.5. The first-order chi connectivity index (χ1) is 13.0. The number of likely N-dealkylation sites (tertiary alicyclic amines) is 1. The topological polar surface area (TPSA) is 81.5 Å². The lowest BCUT2D eigenvalue weighted by Gasteiger charge is -2.38. The van der Waals surface area contributed by atoms with E-state index in [0.717, 1.165) is 14.0 Å². The minimum Gasteiger partial charge on any atom is -0.444 e. The van der Waals surface area contributed by atoms with Gasteiger partial charge in [-0.05, 0) is 40.5 Å². The summed E-state index contributed by atoms with van der Waals surface area (Å²) in [4.78, 5) is 12.2. The van der Waals surface area contributed by atoms with E-state index in [4.69, 9.17) is 4.74 Å². The SMILES string of the molecule is Cn1cc(S(=O)(=O)C(C)(F)C2CCN(C(=O)OC(C)(C)C)CC2)c(C(F)(F)F)n1. The normalized spacial score (nSPS) is 19.1. The number of nitrogens with zero attached hydrogens (tertiary/aromatic N) is 3. The van der Waals surface area contributed by atoms with Crippen molar-refractivity contribution in [2.24, 2.45) is 13.0 Å². The molecule has 1 aliphatic rings. The van der Waals surface area contributed by atoms with Gasteiger partial charge in [-0.25, -0.2) is 17.6 Å². The summed E-state index contributed by atoms with van der Waals surface area (Å²) in [5.74, 6) is -1.09. The number of aryl methyl sites for hydroxylation is 1. The van der Waals surface area contributed by atoms with Gasteiger partial charge >= 0.3 is 12.3 Å². The molecule has 1 aliphatic heterocycles. The van der Waals surface area contributed by atoms with Gasteiger partial charge in [0.05, 0.1) is 0 Å². The molecule has 166 valence electrons. The molecule has 1 atom stereocenters. The summed E-state index contributed by atoms with van der Waals surface area (Å²) in [6.45, 7) is 5.91. The second-order valence-electron chi connectivity index (χ2n) is 8.24. The molecule has 7 nitrogen and oxygen atoms in total. The summed E-state index contributed by atoms with van der Waals surface area (Å²) >= 11 is 0. The molecule has 1 unspecified atom stereocenters. The molecule has 2 rings (SSSR count). The standard InChI is InChI=1S/C17H25F4N3O4S/c1-15(2,3)28-14(25)24-8-6-11(7-9-24)16(4,18)29(26,27)12-10-23(5)22-13(12)17(19,20)21/h10-11H,6-9H2,1-5H3. The van der Waals surface area contributed by atoms with E-state index in [2.05, 4.69) is 5.10 Å². The Morgan fingerprint density at radius 3 is 2.10 bits per heavy atom. The van der Waals surface area contributed by atoms with Gasteiger partial charge in [0.15, 0.2) is 5.69 Å². The maximum absolute atomic E-state index is 15.5. The lowest BCUT2D eigenvalue weighted by molar-refractivity contribution is -0.143. The number of ether oxygens (including phenoxy) is 1. The van der Waals surface area contributed by atoms with E-state index in [0.29, 0.717) is 10.9 Å². The van der Waals surface area contributed by atoms with Crippen LogP contribution >= 0.6 is 0 Å². The number of hydrogen-bond acceptors (Lipinski definition) is 5. The van der Waals surface area contributed by atoms with Gasteiger partial charge in [0.1, 0.15) is 10.5 Å². The summed E-state index contributed by atoms with van der Waals surface area (Å²) in [5, 5.41) is 0.190. The van der Waals surface area contributed by atoms with Crippen LogP contribution in [0.3, 0.4) is 0 Å². The summed E-state index contributed by atoms with van der Waals surface area (Å²) in [6.07, 6.45) is -5.06. The molecule has 1 fully saturated rings. The van der Waals surface area contributed by atoms with Crippen molar-refractivity contribution in [3.05, 3.63) is 11.9 Å². The fraction of sp³-hybridized carbons (Fsp3) is 0.765.